The van der Waals surface area contributed by atoms with Gasteiger partial charge < -0.3 is 0 Å². The van der Waals surface area contributed by atoms with Crippen LogP contribution in [0, 0.1) is 0 Å². The lowest BCUT2D eigenvalue weighted by molar-refractivity contribution is 0.660. The van der Waals surface area contributed by atoms with E-state index >= 15 is 0 Å². The molecule has 4 nitrogen and oxygen atoms in total. The van der Waals surface area contributed by atoms with Crippen molar-refractivity contribution in [1.82, 2.24) is 19.9 Å². The van der Waals surface area contributed by atoms with Gasteiger partial charge in [-0.25, -0.2) is 19.9 Å². The molecule has 5 aliphatic carbocycles. The Hall–Kier alpha value is -10.4. The van der Waals surface area contributed by atoms with Crippen LogP contribution in [0.1, 0.15) is 95.2 Å². The summed E-state index contributed by atoms with van der Waals surface area (Å²) in [7, 11) is 0. The molecule has 86 heavy (non-hydrogen) atoms. The lowest BCUT2D eigenvalue weighted by atomic mass is 9.61. The molecule has 11 aromatic carbocycles. The molecule has 0 aliphatic heterocycles. The van der Waals surface area contributed by atoms with Crippen LogP contribution in [-0.2, 0) is 10.8 Å². The van der Waals surface area contributed by atoms with Gasteiger partial charge in [0.2, 0.25) is 0 Å². The minimum atomic E-state index is -0.0661. The summed E-state index contributed by atoms with van der Waals surface area (Å²) >= 11 is 0. The predicted molar refractivity (Wildman–Crippen MR) is 351 cm³/mol. The molecule has 4 heteroatoms. The number of aromatic nitrogens is 4. The number of rotatable bonds is 8. The molecule has 2 bridgehead atoms. The Morgan fingerprint density at radius 3 is 0.942 bits per heavy atom. The molecule has 2 heterocycles. The van der Waals surface area contributed by atoms with Gasteiger partial charge in [0, 0.05) is 56.0 Å². The second-order valence-electron chi connectivity index (χ2n) is 24.8. The summed E-state index contributed by atoms with van der Waals surface area (Å²) in [6, 6.07) is 97.5. The van der Waals surface area contributed by atoms with E-state index in [0.29, 0.717) is 11.6 Å². The van der Waals surface area contributed by atoms with Gasteiger partial charge in [-0.1, -0.05) is 270 Å². The second kappa shape index (κ2) is 19.1. The van der Waals surface area contributed by atoms with Gasteiger partial charge in [0.1, 0.15) is 0 Å². The van der Waals surface area contributed by atoms with Gasteiger partial charge in [-0.15, -0.1) is 0 Å². The van der Waals surface area contributed by atoms with Gasteiger partial charge in [-0.2, -0.15) is 0 Å². The van der Waals surface area contributed by atoms with E-state index in [1.54, 1.807) is 0 Å². The van der Waals surface area contributed by atoms with Gasteiger partial charge in [-0.3, -0.25) is 0 Å². The van der Waals surface area contributed by atoms with E-state index in [-0.39, 0.29) is 22.7 Å². The van der Waals surface area contributed by atoms with Crippen LogP contribution in [0.3, 0.4) is 0 Å². The highest BCUT2D eigenvalue weighted by Gasteiger charge is 2.42. The standard InChI is InChI=1S/C82H58N4/c1-81(2)67-29-15-13-25-63(67)77-57(27-17-31-69(77)81)49-33-37-53(38-34-49)73-47-71(51-19-7-5-8-20-51)83-79(85-73)55-41-43-61-65(45-55)75-59-23-11-12-24-60(59)76(61)66-46-56(42-44-62(66)75)80-84-72(52-21-9-6-10-22-52)48-74(86-80)54-39-35-50(36-40-54)58-28-18-32-70-78(58)64-26-14-16-30-68(64)82(70,3)4/h5-48,75-76H,1-4H3/t75-,76?/m1/s1. The largest absolute Gasteiger partial charge is 0.228 e. The Morgan fingerprint density at radius 2 is 0.535 bits per heavy atom. The first-order valence-electron chi connectivity index (χ1n) is 30.1. The number of benzene rings is 11. The highest BCUT2D eigenvalue weighted by atomic mass is 14.9. The fourth-order valence-corrected chi connectivity index (χ4v) is 15.1. The summed E-state index contributed by atoms with van der Waals surface area (Å²) < 4.78 is 0. The number of fused-ring (bicyclic) bond motifs is 6. The maximum absolute atomic E-state index is 5.43. The van der Waals surface area contributed by atoms with Crippen molar-refractivity contribution in [2.45, 2.75) is 50.4 Å². The number of hydrogen-bond donors (Lipinski definition) is 0. The van der Waals surface area contributed by atoms with Gasteiger partial charge in [0.05, 0.1) is 22.8 Å². The van der Waals surface area contributed by atoms with Crippen molar-refractivity contribution >= 4 is 0 Å². The van der Waals surface area contributed by atoms with Crippen LogP contribution in [0.4, 0.5) is 0 Å². The van der Waals surface area contributed by atoms with Crippen LogP contribution >= 0.6 is 0 Å². The molecule has 1 unspecified atom stereocenters. The topological polar surface area (TPSA) is 51.6 Å². The van der Waals surface area contributed by atoms with Crippen LogP contribution < -0.4 is 0 Å². The van der Waals surface area contributed by atoms with E-state index < -0.39 is 0 Å². The Bertz CT molecular complexity index is 4610. The van der Waals surface area contributed by atoms with Gasteiger partial charge in [0.25, 0.3) is 0 Å². The van der Waals surface area contributed by atoms with Crippen molar-refractivity contribution in [1.29, 1.82) is 0 Å². The number of nitrogens with zero attached hydrogens (tertiary/aromatic N) is 4. The zero-order valence-electron chi connectivity index (χ0n) is 48.3. The molecule has 18 rings (SSSR count). The third kappa shape index (κ3) is 7.69. The third-order valence-corrected chi connectivity index (χ3v) is 19.3. The van der Waals surface area contributed by atoms with Gasteiger partial charge in [-0.05, 0) is 124 Å². The molecule has 0 spiro atoms. The van der Waals surface area contributed by atoms with Crippen LogP contribution in [0.5, 0.6) is 0 Å². The molecule has 0 saturated heterocycles. The SMILES string of the molecule is CC1(C)c2ccccc2-c2c(-c3ccc(-c4cc(-c5ccccc5)nc(-c5ccc6c(c5)C5c7ccccc7[C@H]6c6cc(-c7nc(-c8ccccc8)cc(-c8ccc(-c9cccc%10c9-c9ccccc9C%10(C)C)cc8)n7)ccc65)n4)cc3)cccc21. The van der Waals surface area contributed by atoms with Crippen molar-refractivity contribution in [3.63, 3.8) is 0 Å². The van der Waals surface area contributed by atoms with E-state index in [4.69, 9.17) is 19.9 Å². The first-order chi connectivity index (χ1) is 42.1. The molecular formula is C82H58N4. The molecule has 0 amide bonds. The van der Waals surface area contributed by atoms with Crippen molar-refractivity contribution in [2.24, 2.45) is 0 Å². The fraction of sp³-hybridized carbons (Fsp3) is 0.0976. The van der Waals surface area contributed by atoms with Crippen LogP contribution in [0.2, 0.25) is 0 Å². The Kier molecular flexibility index (Phi) is 11.1. The van der Waals surface area contributed by atoms with Crippen molar-refractivity contribution in [3.05, 3.63) is 323 Å². The normalized spacial score (nSPS) is 15.6. The van der Waals surface area contributed by atoms with Crippen LogP contribution in [0.15, 0.2) is 267 Å². The summed E-state index contributed by atoms with van der Waals surface area (Å²) in [6.45, 7) is 9.37. The summed E-state index contributed by atoms with van der Waals surface area (Å²) in [5, 5.41) is 0. The van der Waals surface area contributed by atoms with E-state index in [2.05, 4.69) is 295 Å². The average Bonchev–Trinajstić information content (AvgIpc) is 0.919. The number of hydrogen-bond acceptors (Lipinski definition) is 4. The monoisotopic (exact) mass is 1100 g/mol. The summed E-state index contributed by atoms with van der Waals surface area (Å²) in [6.07, 6.45) is 0. The highest BCUT2D eigenvalue weighted by molar-refractivity contribution is 5.94. The maximum atomic E-state index is 5.43. The lowest BCUT2D eigenvalue weighted by Gasteiger charge is -2.42. The Balaban J connectivity index is 0.735. The van der Waals surface area contributed by atoms with E-state index in [1.165, 1.54) is 100 Å². The zero-order valence-corrected chi connectivity index (χ0v) is 48.3. The first kappa shape index (κ1) is 50.1. The third-order valence-electron chi connectivity index (χ3n) is 19.3. The molecule has 0 fully saturated rings. The van der Waals surface area contributed by atoms with Crippen molar-refractivity contribution < 1.29 is 0 Å². The minimum absolute atomic E-state index is 0.0209. The van der Waals surface area contributed by atoms with E-state index in [0.717, 1.165) is 56.2 Å². The van der Waals surface area contributed by atoms with Crippen molar-refractivity contribution in [3.8, 4) is 112 Å². The predicted octanol–water partition coefficient (Wildman–Crippen LogP) is 20.2. The van der Waals surface area contributed by atoms with Crippen LogP contribution in [0.25, 0.3) is 112 Å². The smallest absolute Gasteiger partial charge is 0.160 e. The Morgan fingerprint density at radius 1 is 0.233 bits per heavy atom. The van der Waals surface area contributed by atoms with E-state index in [9.17, 15) is 0 Å². The summed E-state index contributed by atoms with van der Waals surface area (Å²) in [4.78, 5) is 21.6. The molecule has 5 aliphatic rings. The lowest BCUT2D eigenvalue weighted by Crippen LogP contribution is -2.27. The highest BCUT2D eigenvalue weighted by Crippen LogP contribution is 2.58. The Labute approximate surface area is 502 Å². The average molecular weight is 1100 g/mol. The van der Waals surface area contributed by atoms with Crippen molar-refractivity contribution in [2.75, 3.05) is 0 Å². The molecule has 13 aromatic rings. The molecule has 2 atom stereocenters. The minimum Gasteiger partial charge on any atom is -0.228 e. The zero-order chi connectivity index (χ0) is 57.4. The van der Waals surface area contributed by atoms with E-state index in [1.807, 2.05) is 0 Å². The van der Waals surface area contributed by atoms with Gasteiger partial charge in [0.15, 0.2) is 11.6 Å². The van der Waals surface area contributed by atoms with Gasteiger partial charge >= 0.3 is 0 Å². The van der Waals surface area contributed by atoms with Crippen LogP contribution in [-0.4, -0.2) is 19.9 Å². The first-order valence-corrected chi connectivity index (χ1v) is 30.1. The molecule has 0 radical (unpaired) electrons. The fourth-order valence-electron chi connectivity index (χ4n) is 15.1. The maximum Gasteiger partial charge on any atom is 0.160 e. The molecule has 0 N–H and O–H groups in total. The molecule has 0 saturated carbocycles. The molecule has 2 aromatic heterocycles. The molecule has 406 valence electrons. The quantitative estimate of drug-likeness (QED) is 0.152. The summed E-state index contributed by atoms with van der Waals surface area (Å²) in [5.41, 5.74) is 33.2. The molecular weight excluding hydrogens is 1040 g/mol. The second-order valence-corrected chi connectivity index (χ2v) is 24.8. The summed E-state index contributed by atoms with van der Waals surface area (Å²) in [5.74, 6) is 1.45.